The minimum absolute atomic E-state index is 0.0105. The number of para-hydroxylation sites is 1. The van der Waals surface area contributed by atoms with Gasteiger partial charge in [0.1, 0.15) is 11.0 Å². The molecule has 9 nitrogen and oxygen atoms in total. The molecule has 140 valence electrons. The number of ether oxygens (including phenoxy) is 1. The van der Waals surface area contributed by atoms with Crippen molar-refractivity contribution >= 4 is 22.8 Å². The van der Waals surface area contributed by atoms with Crippen LogP contribution in [-0.4, -0.2) is 64.2 Å². The monoisotopic (exact) mass is 367 g/mol. The zero-order valence-corrected chi connectivity index (χ0v) is 14.8. The predicted molar refractivity (Wildman–Crippen MR) is 100 cm³/mol. The Morgan fingerprint density at radius 1 is 1.19 bits per heavy atom. The van der Waals surface area contributed by atoms with Crippen LogP contribution in [0.2, 0.25) is 0 Å². The molecular formula is C18H21N7O2. The van der Waals surface area contributed by atoms with Gasteiger partial charge in [-0.15, -0.1) is 0 Å². The highest BCUT2D eigenvalue weighted by Gasteiger charge is 2.24. The Hall–Kier alpha value is -3.04. The maximum atomic E-state index is 12.5. The summed E-state index contributed by atoms with van der Waals surface area (Å²) >= 11 is 0. The average Bonchev–Trinajstić information content (AvgIpc) is 3.20. The van der Waals surface area contributed by atoms with E-state index in [-0.39, 0.29) is 12.1 Å². The SMILES string of the molecule is O=C(NC[C@H](c1ccccn1)N1CCOCC1)Nc1cccc2n[nH]nc12. The first-order valence-corrected chi connectivity index (χ1v) is 8.88. The third-order valence-corrected chi connectivity index (χ3v) is 4.57. The Morgan fingerprint density at radius 2 is 2.07 bits per heavy atom. The van der Waals surface area contributed by atoms with Crippen molar-refractivity contribution in [3.63, 3.8) is 0 Å². The lowest BCUT2D eigenvalue weighted by Crippen LogP contribution is -2.44. The van der Waals surface area contributed by atoms with E-state index < -0.39 is 0 Å². The number of nitrogens with zero attached hydrogens (tertiary/aromatic N) is 4. The lowest BCUT2D eigenvalue weighted by molar-refractivity contribution is 0.0159. The van der Waals surface area contributed by atoms with Crippen LogP contribution in [0.15, 0.2) is 42.6 Å². The van der Waals surface area contributed by atoms with Crippen LogP contribution in [0.25, 0.3) is 11.0 Å². The van der Waals surface area contributed by atoms with Gasteiger partial charge in [-0.05, 0) is 24.3 Å². The zero-order chi connectivity index (χ0) is 18.5. The number of aromatic amines is 1. The Balaban J connectivity index is 1.44. The quantitative estimate of drug-likeness (QED) is 0.631. The van der Waals surface area contributed by atoms with Gasteiger partial charge < -0.3 is 15.4 Å². The maximum Gasteiger partial charge on any atom is 0.319 e. The van der Waals surface area contributed by atoms with E-state index >= 15 is 0 Å². The molecule has 2 amide bonds. The van der Waals surface area contributed by atoms with Crippen LogP contribution in [0.4, 0.5) is 10.5 Å². The van der Waals surface area contributed by atoms with Crippen LogP contribution in [0.3, 0.4) is 0 Å². The smallest absolute Gasteiger partial charge is 0.319 e. The Morgan fingerprint density at radius 3 is 2.89 bits per heavy atom. The van der Waals surface area contributed by atoms with Crippen molar-refractivity contribution in [3.05, 3.63) is 48.3 Å². The number of benzene rings is 1. The number of rotatable bonds is 5. The van der Waals surface area contributed by atoms with Gasteiger partial charge in [0.05, 0.1) is 30.6 Å². The summed E-state index contributed by atoms with van der Waals surface area (Å²) in [6, 6.07) is 11.0. The summed E-state index contributed by atoms with van der Waals surface area (Å²) in [5.74, 6) is 0. The number of urea groups is 1. The van der Waals surface area contributed by atoms with Gasteiger partial charge in [0.2, 0.25) is 0 Å². The fourth-order valence-electron chi connectivity index (χ4n) is 3.21. The van der Waals surface area contributed by atoms with Crippen molar-refractivity contribution in [2.45, 2.75) is 6.04 Å². The van der Waals surface area contributed by atoms with Crippen molar-refractivity contribution in [2.75, 3.05) is 38.2 Å². The minimum atomic E-state index is -0.292. The highest BCUT2D eigenvalue weighted by molar-refractivity contribution is 5.98. The summed E-state index contributed by atoms with van der Waals surface area (Å²) in [5.41, 5.74) is 2.87. The van der Waals surface area contributed by atoms with Gasteiger partial charge in [-0.1, -0.05) is 12.1 Å². The van der Waals surface area contributed by atoms with E-state index in [0.717, 1.165) is 18.8 Å². The summed E-state index contributed by atoms with van der Waals surface area (Å²) < 4.78 is 5.45. The number of fused-ring (bicyclic) bond motifs is 1. The maximum absolute atomic E-state index is 12.5. The summed E-state index contributed by atoms with van der Waals surface area (Å²) in [4.78, 5) is 19.2. The average molecular weight is 367 g/mol. The molecule has 27 heavy (non-hydrogen) atoms. The Labute approximate surface area is 156 Å². The molecule has 3 N–H and O–H groups in total. The van der Waals surface area contributed by atoms with Crippen LogP contribution in [0.1, 0.15) is 11.7 Å². The van der Waals surface area contributed by atoms with E-state index in [1.807, 2.05) is 30.3 Å². The third-order valence-electron chi connectivity index (χ3n) is 4.57. The van der Waals surface area contributed by atoms with Crippen molar-refractivity contribution in [3.8, 4) is 0 Å². The molecule has 3 aromatic rings. The second kappa shape index (κ2) is 8.11. The molecule has 1 aromatic carbocycles. The second-order valence-corrected chi connectivity index (χ2v) is 6.25. The first kappa shape index (κ1) is 17.4. The molecule has 0 bridgehead atoms. The lowest BCUT2D eigenvalue weighted by Gasteiger charge is -2.34. The van der Waals surface area contributed by atoms with E-state index in [0.29, 0.717) is 36.5 Å². The standard InChI is InChI=1S/C18H21N7O2/c26-18(21-14-5-3-6-15-17(14)23-24-22-15)20-12-16(13-4-1-2-7-19-13)25-8-10-27-11-9-25/h1-7,16H,8-12H2,(H2,20,21,26)(H,22,23,24)/t16-/m1/s1. The second-order valence-electron chi connectivity index (χ2n) is 6.25. The highest BCUT2D eigenvalue weighted by Crippen LogP contribution is 2.20. The predicted octanol–water partition coefficient (Wildman–Crippen LogP) is 1.55. The number of aromatic nitrogens is 4. The van der Waals surface area contributed by atoms with Crippen molar-refractivity contribution < 1.29 is 9.53 Å². The van der Waals surface area contributed by atoms with Crippen molar-refractivity contribution in [1.29, 1.82) is 0 Å². The number of hydrogen-bond acceptors (Lipinski definition) is 6. The fraction of sp³-hybridized carbons (Fsp3) is 0.333. The van der Waals surface area contributed by atoms with Crippen molar-refractivity contribution in [2.24, 2.45) is 0 Å². The van der Waals surface area contributed by atoms with Gasteiger partial charge in [0, 0.05) is 25.8 Å². The number of anilines is 1. The van der Waals surface area contributed by atoms with Crippen molar-refractivity contribution in [1.82, 2.24) is 30.6 Å². The normalized spacial score (nSPS) is 16.1. The summed E-state index contributed by atoms with van der Waals surface area (Å²) in [6.07, 6.45) is 1.77. The van der Waals surface area contributed by atoms with Gasteiger partial charge >= 0.3 is 6.03 Å². The molecule has 1 fully saturated rings. The Kier molecular flexibility index (Phi) is 5.22. The molecule has 0 radical (unpaired) electrons. The fourth-order valence-corrected chi connectivity index (χ4v) is 3.21. The molecular weight excluding hydrogens is 346 g/mol. The minimum Gasteiger partial charge on any atom is -0.379 e. The molecule has 0 unspecified atom stereocenters. The van der Waals surface area contributed by atoms with E-state index in [9.17, 15) is 4.79 Å². The summed E-state index contributed by atoms with van der Waals surface area (Å²) in [5, 5.41) is 16.5. The van der Waals surface area contributed by atoms with E-state index in [1.165, 1.54) is 0 Å². The molecule has 0 saturated carbocycles. The molecule has 9 heteroatoms. The number of amides is 2. The van der Waals surface area contributed by atoms with Crippen LogP contribution in [0.5, 0.6) is 0 Å². The first-order valence-electron chi connectivity index (χ1n) is 8.88. The highest BCUT2D eigenvalue weighted by atomic mass is 16.5. The van der Waals surface area contributed by atoms with Crippen LogP contribution in [-0.2, 0) is 4.74 Å². The van der Waals surface area contributed by atoms with Gasteiger partial charge in [-0.2, -0.15) is 15.4 Å². The van der Waals surface area contributed by atoms with Crippen LogP contribution in [0, 0.1) is 0 Å². The number of morpholine rings is 1. The van der Waals surface area contributed by atoms with Gasteiger partial charge in [-0.25, -0.2) is 4.79 Å². The molecule has 3 heterocycles. The van der Waals surface area contributed by atoms with E-state index in [1.54, 1.807) is 12.3 Å². The summed E-state index contributed by atoms with van der Waals surface area (Å²) in [7, 11) is 0. The molecule has 4 rings (SSSR count). The largest absolute Gasteiger partial charge is 0.379 e. The third kappa shape index (κ3) is 4.04. The number of nitrogens with one attached hydrogen (secondary N) is 3. The number of pyridine rings is 1. The van der Waals surface area contributed by atoms with Gasteiger partial charge in [0.25, 0.3) is 0 Å². The van der Waals surface area contributed by atoms with E-state index in [2.05, 4.69) is 35.9 Å². The van der Waals surface area contributed by atoms with Crippen LogP contribution >= 0.6 is 0 Å². The first-order chi connectivity index (χ1) is 13.3. The van der Waals surface area contributed by atoms with E-state index in [4.69, 9.17) is 4.74 Å². The lowest BCUT2D eigenvalue weighted by atomic mass is 10.1. The Bertz CT molecular complexity index is 893. The van der Waals surface area contributed by atoms with Gasteiger partial charge in [0.15, 0.2) is 0 Å². The molecule has 1 atom stereocenters. The molecule has 0 aliphatic carbocycles. The zero-order valence-electron chi connectivity index (χ0n) is 14.8. The topological polar surface area (TPSA) is 108 Å². The molecule has 2 aromatic heterocycles. The molecule has 0 spiro atoms. The molecule has 1 aliphatic rings. The number of hydrogen-bond donors (Lipinski definition) is 3. The summed E-state index contributed by atoms with van der Waals surface area (Å²) in [6.45, 7) is 3.43. The number of carbonyl (C=O) groups excluding carboxylic acids is 1. The van der Waals surface area contributed by atoms with Gasteiger partial charge in [-0.3, -0.25) is 9.88 Å². The number of carbonyl (C=O) groups is 1. The molecule has 1 aliphatic heterocycles. The number of H-pyrrole nitrogens is 1. The van der Waals surface area contributed by atoms with Crippen LogP contribution < -0.4 is 10.6 Å². The molecule has 1 saturated heterocycles.